The number of aromatic carboxylic acids is 1. The third-order valence-electron chi connectivity index (χ3n) is 2.27. The van der Waals surface area contributed by atoms with E-state index in [-0.39, 0.29) is 5.69 Å². The fourth-order valence-electron chi connectivity index (χ4n) is 1.34. The van der Waals surface area contributed by atoms with E-state index in [0.29, 0.717) is 11.7 Å². The Morgan fingerprint density at radius 1 is 1.40 bits per heavy atom. The van der Waals surface area contributed by atoms with Crippen molar-refractivity contribution in [3.05, 3.63) is 29.8 Å². The summed E-state index contributed by atoms with van der Waals surface area (Å²) in [5.74, 6) is -0.270. The summed E-state index contributed by atoms with van der Waals surface area (Å²) in [6.45, 7) is 4.06. The van der Waals surface area contributed by atoms with Gasteiger partial charge in [0, 0.05) is 12.4 Å². The summed E-state index contributed by atoms with van der Waals surface area (Å²) in [6.07, 6.45) is 4.80. The molecule has 15 heavy (non-hydrogen) atoms. The van der Waals surface area contributed by atoms with Gasteiger partial charge in [-0.15, -0.1) is 0 Å². The third-order valence-corrected chi connectivity index (χ3v) is 2.27. The largest absolute Gasteiger partial charge is 0.477 e. The van der Waals surface area contributed by atoms with Crippen LogP contribution in [0, 0.1) is 0 Å². The van der Waals surface area contributed by atoms with Gasteiger partial charge in [-0.25, -0.2) is 14.8 Å². The van der Waals surface area contributed by atoms with Gasteiger partial charge in [0.15, 0.2) is 5.69 Å². The highest BCUT2D eigenvalue weighted by Crippen LogP contribution is 2.14. The van der Waals surface area contributed by atoms with Gasteiger partial charge < -0.3 is 5.11 Å². The molecular formula is C10H11N3O2. The van der Waals surface area contributed by atoms with Crippen LogP contribution in [0.3, 0.4) is 0 Å². The zero-order valence-corrected chi connectivity index (χ0v) is 8.51. The molecule has 2 rings (SSSR count). The van der Waals surface area contributed by atoms with Crippen molar-refractivity contribution in [3.8, 4) is 0 Å². The summed E-state index contributed by atoms with van der Waals surface area (Å²) in [7, 11) is 0. The summed E-state index contributed by atoms with van der Waals surface area (Å²) in [5, 5.41) is 8.91. The highest BCUT2D eigenvalue weighted by atomic mass is 16.4. The van der Waals surface area contributed by atoms with E-state index in [4.69, 9.17) is 5.11 Å². The number of carboxylic acids is 1. The van der Waals surface area contributed by atoms with E-state index < -0.39 is 5.97 Å². The third kappa shape index (κ3) is 1.56. The lowest BCUT2D eigenvalue weighted by Gasteiger charge is -2.05. The maximum Gasteiger partial charge on any atom is 0.354 e. The molecule has 78 valence electrons. The molecule has 0 unspecified atom stereocenters. The predicted octanol–water partition coefficient (Wildman–Crippen LogP) is 1.55. The molecule has 0 saturated carbocycles. The van der Waals surface area contributed by atoms with Crippen LogP contribution in [-0.4, -0.2) is 25.4 Å². The number of nitrogens with zero attached hydrogens (tertiary/aromatic N) is 3. The molecule has 0 bridgehead atoms. The van der Waals surface area contributed by atoms with Crippen LogP contribution >= 0.6 is 0 Å². The van der Waals surface area contributed by atoms with Gasteiger partial charge in [-0.3, -0.25) is 4.40 Å². The Kier molecular flexibility index (Phi) is 2.15. The molecule has 0 amide bonds. The van der Waals surface area contributed by atoms with Gasteiger partial charge in [0.2, 0.25) is 5.78 Å². The van der Waals surface area contributed by atoms with Gasteiger partial charge in [-0.2, -0.15) is 0 Å². The average molecular weight is 205 g/mol. The van der Waals surface area contributed by atoms with E-state index in [0.717, 1.165) is 5.56 Å². The number of hydrogen-bond donors (Lipinski definition) is 1. The summed E-state index contributed by atoms with van der Waals surface area (Å²) in [5.41, 5.74) is 1.13. The number of carbonyl (C=O) groups is 1. The van der Waals surface area contributed by atoms with Crippen LogP contribution in [0.5, 0.6) is 0 Å². The van der Waals surface area contributed by atoms with E-state index in [9.17, 15) is 4.79 Å². The van der Waals surface area contributed by atoms with Gasteiger partial charge in [0.05, 0.1) is 6.20 Å². The molecule has 2 aromatic heterocycles. The highest BCUT2D eigenvalue weighted by molar-refractivity contribution is 5.86. The van der Waals surface area contributed by atoms with E-state index in [1.54, 1.807) is 12.4 Å². The van der Waals surface area contributed by atoms with Crippen molar-refractivity contribution in [2.75, 3.05) is 0 Å². The number of fused-ring (bicyclic) bond motifs is 1. The van der Waals surface area contributed by atoms with Crippen molar-refractivity contribution >= 4 is 11.7 Å². The predicted molar refractivity (Wildman–Crippen MR) is 54.0 cm³/mol. The normalized spacial score (nSPS) is 11.1. The van der Waals surface area contributed by atoms with Gasteiger partial charge in [0.1, 0.15) is 0 Å². The van der Waals surface area contributed by atoms with E-state index in [1.807, 2.05) is 13.8 Å². The molecule has 0 aromatic carbocycles. The lowest BCUT2D eigenvalue weighted by Crippen LogP contribution is -2.03. The SMILES string of the molecule is CC(C)c1cnc2ncc(C(=O)O)n2c1. The van der Waals surface area contributed by atoms with Crippen molar-refractivity contribution in [2.45, 2.75) is 19.8 Å². The monoisotopic (exact) mass is 205 g/mol. The van der Waals surface area contributed by atoms with E-state index in [1.165, 1.54) is 10.6 Å². The molecule has 2 heterocycles. The molecule has 0 saturated heterocycles. The molecule has 5 nitrogen and oxygen atoms in total. The first-order valence-electron chi connectivity index (χ1n) is 4.66. The maximum atomic E-state index is 10.9. The molecule has 0 aliphatic rings. The van der Waals surface area contributed by atoms with E-state index in [2.05, 4.69) is 9.97 Å². The second kappa shape index (κ2) is 3.34. The Morgan fingerprint density at radius 3 is 2.67 bits per heavy atom. The minimum atomic E-state index is -0.995. The van der Waals surface area contributed by atoms with Crippen LogP contribution in [0.4, 0.5) is 0 Å². The molecule has 1 N–H and O–H groups in total. The molecule has 0 spiro atoms. The fourth-order valence-corrected chi connectivity index (χ4v) is 1.34. The van der Waals surface area contributed by atoms with Crippen LogP contribution in [0.15, 0.2) is 18.6 Å². The molecule has 2 aromatic rings. The Balaban J connectivity index is 2.66. The van der Waals surface area contributed by atoms with Gasteiger partial charge in [-0.05, 0) is 11.5 Å². The number of carboxylic acid groups (broad SMARTS) is 1. The van der Waals surface area contributed by atoms with Crippen LogP contribution < -0.4 is 0 Å². The Bertz CT molecular complexity index is 516. The lowest BCUT2D eigenvalue weighted by molar-refractivity contribution is 0.0689. The molecule has 5 heteroatoms. The summed E-state index contributed by atoms with van der Waals surface area (Å²) < 4.78 is 1.50. The van der Waals surface area contributed by atoms with Crippen LogP contribution in [-0.2, 0) is 0 Å². The minimum Gasteiger partial charge on any atom is -0.477 e. The first-order valence-corrected chi connectivity index (χ1v) is 4.66. The zero-order valence-electron chi connectivity index (χ0n) is 8.51. The summed E-state index contributed by atoms with van der Waals surface area (Å²) >= 11 is 0. The fraction of sp³-hybridized carbons (Fsp3) is 0.300. The van der Waals surface area contributed by atoms with Gasteiger partial charge in [-0.1, -0.05) is 13.8 Å². The second-order valence-electron chi connectivity index (χ2n) is 3.66. The van der Waals surface area contributed by atoms with Crippen molar-refractivity contribution in [1.82, 2.24) is 14.4 Å². The standard InChI is InChI=1S/C10H11N3O2/c1-6(2)7-3-11-10-12-4-8(9(14)15)13(10)5-7/h3-6H,1-2H3,(H,14,15). The first-order chi connectivity index (χ1) is 7.09. The first kappa shape index (κ1) is 9.64. The minimum absolute atomic E-state index is 0.139. The van der Waals surface area contributed by atoms with Crippen molar-refractivity contribution in [1.29, 1.82) is 0 Å². The second-order valence-corrected chi connectivity index (χ2v) is 3.66. The van der Waals surface area contributed by atoms with E-state index >= 15 is 0 Å². The molecule has 0 radical (unpaired) electrons. The molecule has 0 fully saturated rings. The van der Waals surface area contributed by atoms with Crippen molar-refractivity contribution in [2.24, 2.45) is 0 Å². The van der Waals surface area contributed by atoms with Gasteiger partial charge >= 0.3 is 5.97 Å². The van der Waals surface area contributed by atoms with Gasteiger partial charge in [0.25, 0.3) is 0 Å². The Morgan fingerprint density at radius 2 is 2.07 bits per heavy atom. The smallest absolute Gasteiger partial charge is 0.354 e. The van der Waals surface area contributed by atoms with Crippen molar-refractivity contribution < 1.29 is 9.90 Å². The van der Waals surface area contributed by atoms with Crippen molar-refractivity contribution in [3.63, 3.8) is 0 Å². The number of imidazole rings is 1. The van der Waals surface area contributed by atoms with Crippen LogP contribution in [0.2, 0.25) is 0 Å². The van der Waals surface area contributed by atoms with Crippen LogP contribution in [0.25, 0.3) is 5.78 Å². The molecular weight excluding hydrogens is 194 g/mol. The topological polar surface area (TPSA) is 67.5 Å². The van der Waals surface area contributed by atoms with Crippen LogP contribution in [0.1, 0.15) is 35.8 Å². The Labute approximate surface area is 86.4 Å². The average Bonchev–Trinajstić information content (AvgIpc) is 2.59. The summed E-state index contributed by atoms with van der Waals surface area (Å²) in [4.78, 5) is 18.9. The number of aromatic nitrogens is 3. The quantitative estimate of drug-likeness (QED) is 0.807. The highest BCUT2D eigenvalue weighted by Gasteiger charge is 2.11. The molecule has 0 aliphatic carbocycles. The Hall–Kier alpha value is -1.91. The number of hydrogen-bond acceptors (Lipinski definition) is 3. The number of rotatable bonds is 2. The molecule has 0 aliphatic heterocycles. The lowest BCUT2D eigenvalue weighted by atomic mass is 10.1. The zero-order chi connectivity index (χ0) is 11.0. The summed E-state index contributed by atoms with van der Waals surface area (Å²) in [6, 6.07) is 0. The maximum absolute atomic E-state index is 10.9. The molecule has 0 atom stereocenters.